The highest BCUT2D eigenvalue weighted by atomic mass is 35.5. The van der Waals surface area contributed by atoms with E-state index in [4.69, 9.17) is 27.9 Å². The van der Waals surface area contributed by atoms with E-state index >= 15 is 0 Å². The third kappa shape index (κ3) is 6.08. The minimum Gasteiger partial charge on any atom is -0.482 e. The number of halogens is 2. The van der Waals surface area contributed by atoms with Crippen LogP contribution in [0.2, 0.25) is 10.0 Å². The number of nitrogens with zero attached hydrogens (tertiary/aromatic N) is 1. The van der Waals surface area contributed by atoms with Crippen LogP contribution in [0.4, 0.5) is 11.4 Å². The Morgan fingerprint density at radius 2 is 1.86 bits per heavy atom. The van der Waals surface area contributed by atoms with Crippen molar-refractivity contribution in [3.63, 3.8) is 0 Å². The molecule has 0 aliphatic carbocycles. The topological polar surface area (TPSA) is 50.7 Å². The van der Waals surface area contributed by atoms with Crippen molar-refractivity contribution >= 4 is 46.7 Å². The summed E-state index contributed by atoms with van der Waals surface area (Å²) in [5.41, 5.74) is 4.36. The first-order valence-electron chi connectivity index (χ1n) is 9.00. The number of amides is 1. The third-order valence-electron chi connectivity index (χ3n) is 4.13. The van der Waals surface area contributed by atoms with E-state index in [9.17, 15) is 4.79 Å². The SMILES string of the molecule is Cc1cccc(NC(=O)COc2ccc(C=Nc3ccc(C)c(Cl)c3)cc2Cl)c1. The maximum atomic E-state index is 12.1. The van der Waals surface area contributed by atoms with Crippen LogP contribution in [0.15, 0.2) is 65.7 Å². The third-order valence-corrected chi connectivity index (χ3v) is 4.84. The van der Waals surface area contributed by atoms with E-state index < -0.39 is 0 Å². The monoisotopic (exact) mass is 426 g/mol. The molecule has 0 heterocycles. The van der Waals surface area contributed by atoms with Crippen molar-refractivity contribution in [3.8, 4) is 5.75 Å². The Bertz CT molecular complexity index is 1060. The molecule has 148 valence electrons. The highest BCUT2D eigenvalue weighted by molar-refractivity contribution is 6.32. The molecule has 0 atom stereocenters. The summed E-state index contributed by atoms with van der Waals surface area (Å²) in [5.74, 6) is 0.176. The summed E-state index contributed by atoms with van der Waals surface area (Å²) in [7, 11) is 0. The molecule has 4 nitrogen and oxygen atoms in total. The number of carbonyl (C=O) groups excluding carboxylic acids is 1. The van der Waals surface area contributed by atoms with Crippen LogP contribution in [-0.4, -0.2) is 18.7 Å². The van der Waals surface area contributed by atoms with Gasteiger partial charge < -0.3 is 10.1 Å². The van der Waals surface area contributed by atoms with Gasteiger partial charge in [0.25, 0.3) is 5.91 Å². The Morgan fingerprint density at radius 3 is 2.59 bits per heavy atom. The van der Waals surface area contributed by atoms with E-state index in [2.05, 4.69) is 10.3 Å². The number of carbonyl (C=O) groups is 1. The first kappa shape index (κ1) is 20.9. The van der Waals surface area contributed by atoms with Gasteiger partial charge in [0.05, 0.1) is 10.7 Å². The second-order valence-corrected chi connectivity index (χ2v) is 7.40. The van der Waals surface area contributed by atoms with Crippen LogP contribution >= 0.6 is 23.2 Å². The standard InChI is InChI=1S/C23H20Cl2N2O2/c1-15-4-3-5-19(10-15)27-23(28)14-29-22-9-7-17(11-21(22)25)13-26-18-8-6-16(2)20(24)12-18/h3-13H,14H2,1-2H3,(H,27,28). The molecule has 1 amide bonds. The Kier molecular flexibility index (Phi) is 6.91. The van der Waals surface area contributed by atoms with Crippen LogP contribution < -0.4 is 10.1 Å². The van der Waals surface area contributed by atoms with Crippen LogP contribution in [0.1, 0.15) is 16.7 Å². The number of ether oxygens (including phenoxy) is 1. The van der Waals surface area contributed by atoms with Gasteiger partial charge in [0.1, 0.15) is 5.75 Å². The van der Waals surface area contributed by atoms with E-state index in [1.54, 1.807) is 24.4 Å². The van der Waals surface area contributed by atoms with E-state index in [1.807, 2.05) is 56.3 Å². The van der Waals surface area contributed by atoms with Gasteiger partial charge in [-0.3, -0.25) is 9.79 Å². The molecule has 0 fully saturated rings. The molecule has 6 heteroatoms. The molecule has 0 bridgehead atoms. The first-order chi connectivity index (χ1) is 13.9. The van der Waals surface area contributed by atoms with Crippen molar-refractivity contribution in [1.82, 2.24) is 0 Å². The maximum Gasteiger partial charge on any atom is 0.262 e. The normalized spacial score (nSPS) is 10.9. The van der Waals surface area contributed by atoms with Crippen molar-refractivity contribution in [3.05, 3.63) is 87.4 Å². The molecule has 0 unspecified atom stereocenters. The van der Waals surface area contributed by atoms with Gasteiger partial charge in [0, 0.05) is 16.9 Å². The molecule has 3 rings (SSSR count). The Labute approximate surface area is 180 Å². The second kappa shape index (κ2) is 9.59. The van der Waals surface area contributed by atoms with Crippen LogP contribution in [0, 0.1) is 13.8 Å². The smallest absolute Gasteiger partial charge is 0.262 e. The largest absolute Gasteiger partial charge is 0.482 e. The number of anilines is 1. The summed E-state index contributed by atoms with van der Waals surface area (Å²) >= 11 is 12.4. The zero-order chi connectivity index (χ0) is 20.8. The van der Waals surface area contributed by atoms with E-state index in [-0.39, 0.29) is 12.5 Å². The molecule has 3 aromatic carbocycles. The summed E-state index contributed by atoms with van der Waals surface area (Å²) in [6.45, 7) is 3.77. The highest BCUT2D eigenvalue weighted by Crippen LogP contribution is 2.26. The zero-order valence-corrected chi connectivity index (χ0v) is 17.6. The van der Waals surface area contributed by atoms with Gasteiger partial charge in [-0.1, -0.05) is 41.4 Å². The lowest BCUT2D eigenvalue weighted by Gasteiger charge is -2.09. The fraction of sp³-hybridized carbons (Fsp3) is 0.130. The minimum atomic E-state index is -0.256. The number of hydrogen-bond acceptors (Lipinski definition) is 3. The molecule has 0 saturated carbocycles. The number of nitrogens with one attached hydrogen (secondary N) is 1. The summed E-state index contributed by atoms with van der Waals surface area (Å²) in [6, 6.07) is 18.4. The van der Waals surface area contributed by atoms with Crippen LogP contribution in [0.3, 0.4) is 0 Å². The van der Waals surface area contributed by atoms with Gasteiger partial charge in [-0.15, -0.1) is 0 Å². The summed E-state index contributed by atoms with van der Waals surface area (Å²) < 4.78 is 5.54. The molecule has 3 aromatic rings. The molecule has 1 N–H and O–H groups in total. The Balaban J connectivity index is 1.59. The summed E-state index contributed by atoms with van der Waals surface area (Å²) in [6.07, 6.45) is 1.70. The Morgan fingerprint density at radius 1 is 1.03 bits per heavy atom. The molecule has 0 aromatic heterocycles. The quantitative estimate of drug-likeness (QED) is 0.464. The predicted octanol–water partition coefficient (Wildman–Crippen LogP) is 6.38. The number of benzene rings is 3. The fourth-order valence-electron chi connectivity index (χ4n) is 2.59. The average molecular weight is 427 g/mol. The van der Waals surface area contributed by atoms with Gasteiger partial charge in [0.2, 0.25) is 0 Å². The number of aliphatic imine (C=N–C) groups is 1. The summed E-state index contributed by atoms with van der Waals surface area (Å²) in [4.78, 5) is 16.5. The predicted molar refractivity (Wildman–Crippen MR) is 120 cm³/mol. The van der Waals surface area contributed by atoms with Crippen molar-refractivity contribution in [1.29, 1.82) is 0 Å². The minimum absolute atomic E-state index is 0.136. The number of aryl methyl sites for hydroxylation is 2. The summed E-state index contributed by atoms with van der Waals surface area (Å²) in [5, 5.41) is 3.87. The fourth-order valence-corrected chi connectivity index (χ4v) is 3.01. The maximum absolute atomic E-state index is 12.1. The average Bonchev–Trinajstić information content (AvgIpc) is 2.68. The van der Waals surface area contributed by atoms with Crippen molar-refractivity contribution in [2.24, 2.45) is 4.99 Å². The molecule has 29 heavy (non-hydrogen) atoms. The molecule has 0 aliphatic rings. The lowest BCUT2D eigenvalue weighted by molar-refractivity contribution is -0.118. The lowest BCUT2D eigenvalue weighted by atomic mass is 10.2. The first-order valence-corrected chi connectivity index (χ1v) is 9.75. The van der Waals surface area contributed by atoms with Crippen LogP contribution in [-0.2, 0) is 4.79 Å². The zero-order valence-electron chi connectivity index (χ0n) is 16.1. The van der Waals surface area contributed by atoms with Gasteiger partial charge in [-0.25, -0.2) is 0 Å². The molecule has 0 aliphatic heterocycles. The second-order valence-electron chi connectivity index (χ2n) is 6.59. The van der Waals surface area contributed by atoms with Crippen LogP contribution in [0.25, 0.3) is 0 Å². The number of hydrogen-bond donors (Lipinski definition) is 1. The van der Waals surface area contributed by atoms with Gasteiger partial charge in [0.15, 0.2) is 6.61 Å². The number of rotatable bonds is 6. The highest BCUT2D eigenvalue weighted by Gasteiger charge is 2.07. The molecule has 0 radical (unpaired) electrons. The van der Waals surface area contributed by atoms with Crippen molar-refractivity contribution in [2.75, 3.05) is 11.9 Å². The van der Waals surface area contributed by atoms with Gasteiger partial charge >= 0.3 is 0 Å². The van der Waals surface area contributed by atoms with E-state index in [0.29, 0.717) is 15.8 Å². The molecule has 0 saturated heterocycles. The van der Waals surface area contributed by atoms with E-state index in [1.165, 1.54) is 0 Å². The van der Waals surface area contributed by atoms with Crippen LogP contribution in [0.5, 0.6) is 5.75 Å². The Hall–Kier alpha value is -2.82. The molecular formula is C23H20Cl2N2O2. The molecule has 0 spiro atoms. The molecular weight excluding hydrogens is 407 g/mol. The van der Waals surface area contributed by atoms with Crippen molar-refractivity contribution < 1.29 is 9.53 Å². The van der Waals surface area contributed by atoms with Crippen molar-refractivity contribution in [2.45, 2.75) is 13.8 Å². The van der Waals surface area contributed by atoms with Gasteiger partial charge in [-0.2, -0.15) is 0 Å². The van der Waals surface area contributed by atoms with Gasteiger partial charge in [-0.05, 0) is 73.0 Å². The lowest BCUT2D eigenvalue weighted by Crippen LogP contribution is -2.20. The van der Waals surface area contributed by atoms with E-state index in [0.717, 1.165) is 28.1 Å².